The summed E-state index contributed by atoms with van der Waals surface area (Å²) in [5.41, 5.74) is 0. The van der Waals surface area contributed by atoms with Gasteiger partial charge in [-0.25, -0.2) is 12.2 Å². The van der Waals surface area contributed by atoms with E-state index in [1.807, 2.05) is 24.3 Å². The van der Waals surface area contributed by atoms with Crippen molar-refractivity contribution in [1.29, 1.82) is 0 Å². The van der Waals surface area contributed by atoms with Crippen LogP contribution < -0.4 is 0 Å². The monoisotopic (exact) mass is 366 g/mol. The SMILES string of the molecule is C=CCCC[N-]CC.C=CCCC[N-]CC.[C-]1=CC=CC1.[CH2-]C.[Ti+4]. The fourth-order valence-electron chi connectivity index (χ4n) is 1.35. The van der Waals surface area contributed by atoms with E-state index in [0.717, 1.165) is 58.3 Å². The van der Waals surface area contributed by atoms with Crippen LogP contribution in [0.5, 0.6) is 0 Å². The summed E-state index contributed by atoms with van der Waals surface area (Å²) in [5, 5.41) is 8.32. The molecule has 0 atom stereocenters. The molecular formula is C21H38N2Ti. The van der Waals surface area contributed by atoms with Gasteiger partial charge in [0.25, 0.3) is 0 Å². The Morgan fingerprint density at radius 1 is 1.00 bits per heavy atom. The van der Waals surface area contributed by atoms with Crippen molar-refractivity contribution < 1.29 is 21.7 Å². The largest absolute Gasteiger partial charge is 4.00 e. The molecule has 1 aliphatic rings. The molecule has 0 amide bonds. The summed E-state index contributed by atoms with van der Waals surface area (Å²) < 4.78 is 0. The molecule has 0 aromatic rings. The van der Waals surface area contributed by atoms with E-state index in [-0.39, 0.29) is 21.7 Å². The van der Waals surface area contributed by atoms with Gasteiger partial charge >= 0.3 is 21.7 Å². The Balaban J connectivity index is -0.000000118. The van der Waals surface area contributed by atoms with E-state index < -0.39 is 0 Å². The molecule has 24 heavy (non-hydrogen) atoms. The number of allylic oxidation sites excluding steroid dienone is 6. The van der Waals surface area contributed by atoms with Crippen molar-refractivity contribution in [3.8, 4) is 0 Å². The van der Waals surface area contributed by atoms with Crippen molar-refractivity contribution in [1.82, 2.24) is 0 Å². The summed E-state index contributed by atoms with van der Waals surface area (Å²) in [6, 6.07) is 0. The van der Waals surface area contributed by atoms with Gasteiger partial charge in [-0.3, -0.25) is 6.08 Å². The molecule has 0 aromatic carbocycles. The molecule has 1 aliphatic carbocycles. The Bertz CT molecular complexity index is 235. The predicted molar refractivity (Wildman–Crippen MR) is 109 cm³/mol. The van der Waals surface area contributed by atoms with E-state index in [4.69, 9.17) is 0 Å². The molecule has 1 rings (SSSR count). The van der Waals surface area contributed by atoms with Gasteiger partial charge in [0.1, 0.15) is 0 Å². The van der Waals surface area contributed by atoms with Crippen LogP contribution >= 0.6 is 0 Å². The van der Waals surface area contributed by atoms with Gasteiger partial charge in [-0.1, -0.05) is 38.8 Å². The van der Waals surface area contributed by atoms with Gasteiger partial charge < -0.3 is 17.6 Å². The smallest absolute Gasteiger partial charge is 0.662 e. The van der Waals surface area contributed by atoms with Crippen molar-refractivity contribution in [2.24, 2.45) is 0 Å². The van der Waals surface area contributed by atoms with E-state index in [9.17, 15) is 0 Å². The molecule has 2 nitrogen and oxygen atoms in total. The van der Waals surface area contributed by atoms with E-state index >= 15 is 0 Å². The van der Waals surface area contributed by atoms with Crippen LogP contribution in [0.25, 0.3) is 10.6 Å². The third-order valence-corrected chi connectivity index (χ3v) is 2.48. The predicted octanol–water partition coefficient (Wildman–Crippen LogP) is 6.84. The van der Waals surface area contributed by atoms with Gasteiger partial charge in [0, 0.05) is 0 Å². The number of hydrogen-bond donors (Lipinski definition) is 0. The van der Waals surface area contributed by atoms with Gasteiger partial charge in [-0.15, -0.1) is 32.7 Å². The summed E-state index contributed by atoms with van der Waals surface area (Å²) >= 11 is 0. The fraction of sp³-hybridized carbons (Fsp3) is 0.571. The minimum Gasteiger partial charge on any atom is -0.662 e. The first-order valence-corrected chi connectivity index (χ1v) is 8.74. The van der Waals surface area contributed by atoms with Gasteiger partial charge in [0.05, 0.1) is 0 Å². The van der Waals surface area contributed by atoms with Gasteiger partial charge in [0.2, 0.25) is 0 Å². The Labute approximate surface area is 167 Å². The summed E-state index contributed by atoms with van der Waals surface area (Å²) in [7, 11) is 0. The maximum Gasteiger partial charge on any atom is 4.00 e. The quantitative estimate of drug-likeness (QED) is 0.175. The summed E-state index contributed by atoms with van der Waals surface area (Å²) in [6.07, 6.45) is 18.4. The summed E-state index contributed by atoms with van der Waals surface area (Å²) in [4.78, 5) is 0. The van der Waals surface area contributed by atoms with Crippen LogP contribution in [0.4, 0.5) is 0 Å². The second-order valence-corrected chi connectivity index (χ2v) is 4.39. The minimum absolute atomic E-state index is 0. The van der Waals surface area contributed by atoms with Crippen LogP contribution in [0.15, 0.2) is 43.5 Å². The average molecular weight is 366 g/mol. The summed E-state index contributed by atoms with van der Waals surface area (Å²) in [5.74, 6) is 0. The van der Waals surface area contributed by atoms with Gasteiger partial charge in [-0.2, -0.15) is 26.1 Å². The van der Waals surface area contributed by atoms with Crippen LogP contribution in [0, 0.1) is 13.0 Å². The standard InChI is InChI=1S/2C7H14N.C5H5.C2H5.Ti/c2*1-3-5-6-7-8-4-2;1-2-4-5-3-1;1-2;/h2*3H,1,4-7H2,2H3;1-3H,4H2;1H2,2H3;/q4*-1;+4. The topological polar surface area (TPSA) is 28.2 Å². The Kier molecular flexibility index (Phi) is 50.0. The molecule has 0 saturated heterocycles. The van der Waals surface area contributed by atoms with E-state index in [1.54, 1.807) is 6.92 Å². The zero-order chi connectivity index (χ0) is 18.0. The van der Waals surface area contributed by atoms with E-state index in [0.29, 0.717) is 0 Å². The maximum atomic E-state index is 4.16. The summed E-state index contributed by atoms with van der Waals surface area (Å²) in [6.45, 7) is 20.3. The molecule has 0 aliphatic heterocycles. The average Bonchev–Trinajstić information content (AvgIpc) is 3.18. The minimum atomic E-state index is 0. The molecule has 0 unspecified atom stereocenters. The normalized spacial score (nSPS) is 10.0. The van der Waals surface area contributed by atoms with Crippen molar-refractivity contribution in [3.63, 3.8) is 0 Å². The second-order valence-electron chi connectivity index (χ2n) is 4.39. The van der Waals surface area contributed by atoms with Crippen molar-refractivity contribution >= 4 is 0 Å². The van der Waals surface area contributed by atoms with Crippen LogP contribution in [0.1, 0.15) is 52.9 Å². The molecule has 0 saturated carbocycles. The van der Waals surface area contributed by atoms with Crippen LogP contribution in [-0.2, 0) is 21.7 Å². The van der Waals surface area contributed by atoms with Crippen LogP contribution in [-0.4, -0.2) is 26.2 Å². The Hall–Kier alpha value is -0.406. The molecule has 0 spiro atoms. The zero-order valence-electron chi connectivity index (χ0n) is 16.3. The van der Waals surface area contributed by atoms with Crippen LogP contribution in [0.3, 0.4) is 0 Å². The molecular weight excluding hydrogens is 328 g/mol. The molecule has 0 heterocycles. The molecule has 0 aromatic heterocycles. The molecule has 0 N–H and O–H groups in total. The maximum absolute atomic E-state index is 4.16. The first-order valence-electron chi connectivity index (χ1n) is 8.74. The van der Waals surface area contributed by atoms with Gasteiger partial charge in [0.15, 0.2) is 0 Å². The number of unbranched alkanes of at least 4 members (excludes halogenated alkanes) is 2. The van der Waals surface area contributed by atoms with Crippen LogP contribution in [0.2, 0.25) is 0 Å². The number of rotatable bonds is 10. The molecule has 0 bridgehead atoms. The zero-order valence-corrected chi connectivity index (χ0v) is 17.8. The number of nitrogens with zero attached hydrogens (tertiary/aromatic N) is 2. The van der Waals surface area contributed by atoms with E-state index in [1.165, 1.54) is 0 Å². The molecule has 136 valence electrons. The second kappa shape index (κ2) is 38.3. The van der Waals surface area contributed by atoms with Crippen molar-refractivity contribution in [3.05, 3.63) is 67.2 Å². The third-order valence-electron chi connectivity index (χ3n) is 2.48. The molecule has 0 radical (unpaired) electrons. The first-order chi connectivity index (χ1) is 11.3. The molecule has 0 fully saturated rings. The van der Waals surface area contributed by atoms with Crippen molar-refractivity contribution in [2.45, 2.75) is 52.9 Å². The van der Waals surface area contributed by atoms with E-state index in [2.05, 4.69) is 56.7 Å². The number of hydrogen-bond acceptors (Lipinski definition) is 0. The van der Waals surface area contributed by atoms with Gasteiger partial charge in [-0.05, 0) is 12.8 Å². The first kappa shape index (κ1) is 31.4. The molecule has 3 heteroatoms. The van der Waals surface area contributed by atoms with Crippen molar-refractivity contribution in [2.75, 3.05) is 26.2 Å². The third kappa shape index (κ3) is 43.0. The Morgan fingerprint density at radius 2 is 1.46 bits per heavy atom. The fourth-order valence-corrected chi connectivity index (χ4v) is 1.35. The Morgan fingerprint density at radius 3 is 1.67 bits per heavy atom.